The Bertz CT molecular complexity index is 332. The van der Waals surface area contributed by atoms with E-state index in [4.69, 9.17) is 4.74 Å². The molecule has 0 aromatic heterocycles. The minimum absolute atomic E-state index is 0.212. The van der Waals surface area contributed by atoms with E-state index in [9.17, 15) is 4.79 Å². The molecule has 100 valence electrons. The monoisotopic (exact) mass is 248 g/mol. The molecule has 1 aromatic rings. The first-order chi connectivity index (χ1) is 8.74. The van der Waals surface area contributed by atoms with Crippen LogP contribution in [0.15, 0.2) is 30.3 Å². The molecule has 2 nitrogen and oxygen atoms in total. The second-order valence-corrected chi connectivity index (χ2v) is 4.92. The Morgan fingerprint density at radius 2 is 1.89 bits per heavy atom. The SMILES string of the molecule is CCCCCCC(C)COC(=O)c1ccccc1. The van der Waals surface area contributed by atoms with Gasteiger partial charge in [0.15, 0.2) is 0 Å². The van der Waals surface area contributed by atoms with Crippen molar-refractivity contribution in [2.45, 2.75) is 46.0 Å². The molecule has 1 atom stereocenters. The number of hydrogen-bond acceptors (Lipinski definition) is 2. The molecule has 0 fully saturated rings. The van der Waals surface area contributed by atoms with Crippen LogP contribution in [-0.4, -0.2) is 12.6 Å². The lowest BCUT2D eigenvalue weighted by Gasteiger charge is -2.11. The van der Waals surface area contributed by atoms with Crippen molar-refractivity contribution in [1.29, 1.82) is 0 Å². The van der Waals surface area contributed by atoms with Crippen LogP contribution in [0.1, 0.15) is 56.3 Å². The van der Waals surface area contributed by atoms with E-state index >= 15 is 0 Å². The van der Waals surface area contributed by atoms with Crippen molar-refractivity contribution in [2.24, 2.45) is 5.92 Å². The fraction of sp³-hybridized carbons (Fsp3) is 0.562. The first kappa shape index (κ1) is 14.7. The molecule has 1 rings (SSSR count). The summed E-state index contributed by atoms with van der Waals surface area (Å²) in [5, 5.41) is 0. The molecule has 0 aliphatic heterocycles. The zero-order chi connectivity index (χ0) is 13.2. The van der Waals surface area contributed by atoms with E-state index in [0.29, 0.717) is 18.1 Å². The Hall–Kier alpha value is -1.31. The zero-order valence-corrected chi connectivity index (χ0v) is 11.5. The average Bonchev–Trinajstić information content (AvgIpc) is 2.42. The van der Waals surface area contributed by atoms with Crippen LogP contribution in [0.5, 0.6) is 0 Å². The number of carbonyl (C=O) groups excluding carboxylic acids is 1. The van der Waals surface area contributed by atoms with Gasteiger partial charge in [-0.25, -0.2) is 4.79 Å². The van der Waals surface area contributed by atoms with E-state index in [-0.39, 0.29) is 5.97 Å². The van der Waals surface area contributed by atoms with Gasteiger partial charge in [0.1, 0.15) is 0 Å². The molecule has 0 heterocycles. The average molecular weight is 248 g/mol. The summed E-state index contributed by atoms with van der Waals surface area (Å²) in [6, 6.07) is 9.17. The Kier molecular flexibility index (Phi) is 7.16. The quantitative estimate of drug-likeness (QED) is 0.502. The van der Waals surface area contributed by atoms with Crippen LogP contribution < -0.4 is 0 Å². The van der Waals surface area contributed by atoms with Crippen LogP contribution in [0.2, 0.25) is 0 Å². The summed E-state index contributed by atoms with van der Waals surface area (Å²) in [5.41, 5.74) is 0.635. The molecule has 0 amide bonds. The molecule has 2 heteroatoms. The van der Waals surface area contributed by atoms with Gasteiger partial charge < -0.3 is 4.74 Å². The third-order valence-electron chi connectivity index (χ3n) is 3.06. The third-order valence-corrected chi connectivity index (χ3v) is 3.06. The molecular weight excluding hydrogens is 224 g/mol. The summed E-state index contributed by atoms with van der Waals surface area (Å²) in [5.74, 6) is 0.241. The molecule has 0 saturated heterocycles. The van der Waals surface area contributed by atoms with Crippen LogP contribution in [0.25, 0.3) is 0 Å². The van der Waals surface area contributed by atoms with E-state index in [1.165, 1.54) is 25.7 Å². The molecule has 0 saturated carbocycles. The van der Waals surface area contributed by atoms with Crippen molar-refractivity contribution in [3.05, 3.63) is 35.9 Å². The molecule has 0 aliphatic carbocycles. The van der Waals surface area contributed by atoms with Crippen molar-refractivity contribution < 1.29 is 9.53 Å². The first-order valence-corrected chi connectivity index (χ1v) is 6.96. The van der Waals surface area contributed by atoms with Crippen molar-refractivity contribution in [3.8, 4) is 0 Å². The molecule has 0 bridgehead atoms. The van der Waals surface area contributed by atoms with Gasteiger partial charge in [-0.2, -0.15) is 0 Å². The lowest BCUT2D eigenvalue weighted by Crippen LogP contribution is -2.12. The highest BCUT2D eigenvalue weighted by molar-refractivity contribution is 5.89. The highest BCUT2D eigenvalue weighted by atomic mass is 16.5. The topological polar surface area (TPSA) is 26.3 Å². The van der Waals surface area contributed by atoms with Gasteiger partial charge >= 0.3 is 5.97 Å². The molecule has 0 radical (unpaired) electrons. The summed E-state index contributed by atoms with van der Waals surface area (Å²) in [6.45, 7) is 4.88. The maximum Gasteiger partial charge on any atom is 0.338 e. The lowest BCUT2D eigenvalue weighted by molar-refractivity contribution is 0.0442. The summed E-state index contributed by atoms with van der Waals surface area (Å²) < 4.78 is 5.31. The minimum Gasteiger partial charge on any atom is -0.462 e. The fourth-order valence-electron chi connectivity index (χ4n) is 1.88. The van der Waals surface area contributed by atoms with E-state index in [1.54, 1.807) is 12.1 Å². The number of rotatable bonds is 8. The summed E-state index contributed by atoms with van der Waals surface area (Å²) in [4.78, 5) is 11.7. The van der Waals surface area contributed by atoms with E-state index < -0.39 is 0 Å². The van der Waals surface area contributed by atoms with E-state index in [1.807, 2.05) is 18.2 Å². The Morgan fingerprint density at radius 1 is 1.17 bits per heavy atom. The fourth-order valence-corrected chi connectivity index (χ4v) is 1.88. The first-order valence-electron chi connectivity index (χ1n) is 6.96. The van der Waals surface area contributed by atoms with Crippen LogP contribution in [0, 0.1) is 5.92 Å². The Labute approximate surface area is 110 Å². The Morgan fingerprint density at radius 3 is 2.56 bits per heavy atom. The lowest BCUT2D eigenvalue weighted by atomic mass is 10.0. The minimum atomic E-state index is -0.212. The second kappa shape index (κ2) is 8.73. The molecule has 0 aliphatic rings. The van der Waals surface area contributed by atoms with Gasteiger partial charge in [0.05, 0.1) is 12.2 Å². The van der Waals surface area contributed by atoms with Crippen molar-refractivity contribution in [1.82, 2.24) is 0 Å². The van der Waals surface area contributed by atoms with Gasteiger partial charge in [-0.15, -0.1) is 0 Å². The number of ether oxygens (including phenoxy) is 1. The molecule has 1 aromatic carbocycles. The van der Waals surface area contributed by atoms with Gasteiger partial charge in [-0.1, -0.05) is 57.7 Å². The number of esters is 1. The summed E-state index contributed by atoms with van der Waals surface area (Å²) in [7, 11) is 0. The predicted octanol–water partition coefficient (Wildman–Crippen LogP) is 4.45. The van der Waals surface area contributed by atoms with Crippen molar-refractivity contribution in [2.75, 3.05) is 6.61 Å². The van der Waals surface area contributed by atoms with E-state index in [2.05, 4.69) is 13.8 Å². The molecule has 0 N–H and O–H groups in total. The highest BCUT2D eigenvalue weighted by Crippen LogP contribution is 2.11. The maximum absolute atomic E-state index is 11.7. The zero-order valence-electron chi connectivity index (χ0n) is 11.5. The van der Waals surface area contributed by atoms with Crippen LogP contribution in [0.3, 0.4) is 0 Å². The standard InChI is InChI=1S/C16H24O2/c1-3-4-5-7-10-14(2)13-18-16(17)15-11-8-6-9-12-15/h6,8-9,11-12,14H,3-5,7,10,13H2,1-2H3. The second-order valence-electron chi connectivity index (χ2n) is 4.92. The number of carbonyl (C=O) groups is 1. The highest BCUT2D eigenvalue weighted by Gasteiger charge is 2.09. The van der Waals surface area contributed by atoms with E-state index in [0.717, 1.165) is 6.42 Å². The largest absolute Gasteiger partial charge is 0.462 e. The van der Waals surface area contributed by atoms with Gasteiger partial charge in [-0.05, 0) is 24.5 Å². The smallest absolute Gasteiger partial charge is 0.338 e. The summed E-state index contributed by atoms with van der Waals surface area (Å²) in [6.07, 6.45) is 6.22. The van der Waals surface area contributed by atoms with Crippen molar-refractivity contribution in [3.63, 3.8) is 0 Å². The maximum atomic E-state index is 11.7. The van der Waals surface area contributed by atoms with Gasteiger partial charge in [0.25, 0.3) is 0 Å². The number of benzene rings is 1. The molecule has 1 unspecified atom stereocenters. The number of hydrogen-bond donors (Lipinski definition) is 0. The normalized spacial score (nSPS) is 12.1. The summed E-state index contributed by atoms with van der Waals surface area (Å²) >= 11 is 0. The van der Waals surface area contributed by atoms with Gasteiger partial charge in [0.2, 0.25) is 0 Å². The molecule has 0 spiro atoms. The van der Waals surface area contributed by atoms with Gasteiger partial charge in [0, 0.05) is 0 Å². The van der Waals surface area contributed by atoms with Crippen LogP contribution in [-0.2, 0) is 4.74 Å². The van der Waals surface area contributed by atoms with Crippen molar-refractivity contribution >= 4 is 5.97 Å². The predicted molar refractivity (Wildman–Crippen MR) is 74.6 cm³/mol. The number of unbranched alkanes of at least 4 members (excludes halogenated alkanes) is 3. The van der Waals surface area contributed by atoms with Crippen LogP contribution >= 0.6 is 0 Å². The third kappa shape index (κ3) is 5.85. The molecule has 18 heavy (non-hydrogen) atoms. The molecular formula is C16H24O2. The van der Waals surface area contributed by atoms with Gasteiger partial charge in [-0.3, -0.25) is 0 Å². The Balaban J connectivity index is 2.18. The van der Waals surface area contributed by atoms with Crippen LogP contribution in [0.4, 0.5) is 0 Å².